The van der Waals surface area contributed by atoms with Gasteiger partial charge in [-0.05, 0) is 0 Å². The van der Waals surface area contributed by atoms with E-state index in [1.165, 1.54) is 21.1 Å². The number of ether oxygens (including phenoxy) is 1. The van der Waals surface area contributed by atoms with Crippen LogP contribution in [0.1, 0.15) is 6.42 Å². The molecule has 2 heterocycles. The molecule has 1 aromatic carbocycles. The molecule has 2 aromatic rings. The van der Waals surface area contributed by atoms with Gasteiger partial charge >= 0.3 is 0 Å². The average Bonchev–Trinajstić information content (AvgIpc) is 3.28. The van der Waals surface area contributed by atoms with Crippen molar-refractivity contribution in [3.63, 3.8) is 0 Å². The minimum absolute atomic E-state index is 0.0943. The molecule has 2 atom stereocenters. The molecule has 1 aliphatic heterocycles. The number of carbonyl (C=O) groups is 1. The molecule has 0 radical (unpaired) electrons. The number of anilines is 1. The molecule has 124 valence electrons. The van der Waals surface area contributed by atoms with Gasteiger partial charge in [-0.3, -0.25) is 14.6 Å². The fourth-order valence-corrected chi connectivity index (χ4v) is 3.60. The fourth-order valence-electron chi connectivity index (χ4n) is 2.79. The van der Waals surface area contributed by atoms with Crippen molar-refractivity contribution in [2.45, 2.75) is 18.6 Å². The molecule has 0 N–H and O–H groups in total. The molecule has 24 heavy (non-hydrogen) atoms. The van der Waals surface area contributed by atoms with E-state index < -0.39 is 6.04 Å². The maximum absolute atomic E-state index is 12.8. The molecule has 0 aliphatic carbocycles. The largest absolute Gasteiger partial charge is 0.379 e. The van der Waals surface area contributed by atoms with E-state index in [9.17, 15) is 10.1 Å². The lowest BCUT2D eigenvalue weighted by Gasteiger charge is -2.22. The second-order valence-corrected chi connectivity index (χ2v) is 6.48. The summed E-state index contributed by atoms with van der Waals surface area (Å²) in [4.78, 5) is 20.3. The lowest BCUT2D eigenvalue weighted by Crippen LogP contribution is -2.42. The number of hydrogen-bond acceptors (Lipinski definition) is 6. The summed E-state index contributed by atoms with van der Waals surface area (Å²) in [6, 6.07) is 9.34. The third kappa shape index (κ3) is 3.11. The first-order valence-electron chi connectivity index (χ1n) is 7.61. The molecule has 7 heteroatoms. The number of amides is 1. The molecular formula is C17H18N4O2S. The Bertz CT molecular complexity index is 755. The van der Waals surface area contributed by atoms with Gasteiger partial charge in [0.05, 0.1) is 18.3 Å². The second-order valence-electron chi connectivity index (χ2n) is 5.64. The summed E-state index contributed by atoms with van der Waals surface area (Å²) in [7, 11) is 3.30. The van der Waals surface area contributed by atoms with E-state index in [0.29, 0.717) is 18.1 Å². The Kier molecular flexibility index (Phi) is 4.79. The summed E-state index contributed by atoms with van der Waals surface area (Å²) in [5.74, 6) is -0.134. The summed E-state index contributed by atoms with van der Waals surface area (Å²) in [5, 5.41) is 11.8. The van der Waals surface area contributed by atoms with Crippen molar-refractivity contribution in [3.8, 4) is 17.5 Å². The number of benzene rings is 1. The van der Waals surface area contributed by atoms with Gasteiger partial charge in [-0.25, -0.2) is 4.98 Å². The van der Waals surface area contributed by atoms with Gasteiger partial charge < -0.3 is 4.74 Å². The molecule has 1 aromatic heterocycles. The number of carbonyl (C=O) groups excluding carboxylic acids is 1. The van der Waals surface area contributed by atoms with Gasteiger partial charge in [-0.1, -0.05) is 30.3 Å². The third-order valence-electron chi connectivity index (χ3n) is 4.19. The summed E-state index contributed by atoms with van der Waals surface area (Å²) in [6.45, 7) is 0.449. The van der Waals surface area contributed by atoms with Crippen molar-refractivity contribution in [2.24, 2.45) is 0 Å². The smallest absolute Gasteiger partial charge is 0.252 e. The number of nitrogens with zero attached hydrogens (tertiary/aromatic N) is 4. The van der Waals surface area contributed by atoms with Gasteiger partial charge in [0.25, 0.3) is 5.91 Å². The average molecular weight is 342 g/mol. The predicted octanol–water partition coefficient (Wildman–Crippen LogP) is 2.34. The van der Waals surface area contributed by atoms with Crippen molar-refractivity contribution in [2.75, 3.05) is 25.6 Å². The zero-order chi connectivity index (χ0) is 17.1. The molecule has 1 amide bonds. The summed E-state index contributed by atoms with van der Waals surface area (Å²) < 4.78 is 5.29. The number of hydrogen-bond donors (Lipinski definition) is 0. The zero-order valence-corrected chi connectivity index (χ0v) is 14.4. The molecule has 1 fully saturated rings. The van der Waals surface area contributed by atoms with Crippen LogP contribution in [0, 0.1) is 11.5 Å². The summed E-state index contributed by atoms with van der Waals surface area (Å²) in [6.07, 6.45) is 2.51. The quantitative estimate of drug-likeness (QED) is 0.798. The maximum Gasteiger partial charge on any atom is 0.252 e. The van der Waals surface area contributed by atoms with E-state index >= 15 is 0 Å². The Morgan fingerprint density at radius 3 is 2.88 bits per heavy atom. The monoisotopic (exact) mass is 342 g/mol. The SMILES string of the molecule is CO[C@H]1C[C@@H](C(=O)N(C)c2nc(-c3ccccc3)cs2)N(C#N)C1. The first-order valence-corrected chi connectivity index (χ1v) is 8.49. The topological polar surface area (TPSA) is 69.5 Å². The first-order chi connectivity index (χ1) is 11.6. The summed E-state index contributed by atoms with van der Waals surface area (Å²) >= 11 is 1.42. The third-order valence-corrected chi connectivity index (χ3v) is 5.11. The Morgan fingerprint density at radius 1 is 1.46 bits per heavy atom. The van der Waals surface area contributed by atoms with E-state index in [1.54, 1.807) is 14.2 Å². The maximum atomic E-state index is 12.8. The van der Waals surface area contributed by atoms with Gasteiger partial charge in [-0.15, -0.1) is 11.3 Å². The highest BCUT2D eigenvalue weighted by Gasteiger charge is 2.38. The van der Waals surface area contributed by atoms with Crippen LogP contribution in [0.2, 0.25) is 0 Å². The Balaban J connectivity index is 1.77. The number of methoxy groups -OCH3 is 1. The lowest BCUT2D eigenvalue weighted by molar-refractivity contribution is -0.121. The van der Waals surface area contributed by atoms with Crippen LogP contribution < -0.4 is 4.90 Å². The van der Waals surface area contributed by atoms with Crippen LogP contribution >= 0.6 is 11.3 Å². The van der Waals surface area contributed by atoms with Crippen LogP contribution in [0.3, 0.4) is 0 Å². The van der Waals surface area contributed by atoms with E-state index in [2.05, 4.69) is 11.2 Å². The molecular weight excluding hydrogens is 324 g/mol. The highest BCUT2D eigenvalue weighted by atomic mass is 32.1. The molecule has 6 nitrogen and oxygen atoms in total. The van der Waals surface area contributed by atoms with Crippen molar-refractivity contribution in [1.82, 2.24) is 9.88 Å². The van der Waals surface area contributed by atoms with Gasteiger partial charge in [0, 0.05) is 31.5 Å². The van der Waals surface area contributed by atoms with Crippen LogP contribution in [0.15, 0.2) is 35.7 Å². The standard InChI is InChI=1S/C17H18N4O2S/c1-20(16(22)15-8-13(23-2)9-21(15)11-18)17-19-14(10-24-17)12-6-4-3-5-7-12/h3-7,10,13,15H,8-9H2,1-2H3/t13-,15-/m0/s1. The second kappa shape index (κ2) is 6.99. The van der Waals surface area contributed by atoms with Crippen LogP contribution in [0.5, 0.6) is 0 Å². The minimum Gasteiger partial charge on any atom is -0.379 e. The van der Waals surface area contributed by atoms with Crippen molar-refractivity contribution in [3.05, 3.63) is 35.7 Å². The Hall–Kier alpha value is -2.43. The molecule has 3 rings (SSSR count). The molecule has 1 aliphatic rings. The van der Waals surface area contributed by atoms with E-state index in [1.807, 2.05) is 35.7 Å². The highest BCUT2D eigenvalue weighted by molar-refractivity contribution is 7.14. The van der Waals surface area contributed by atoms with E-state index in [4.69, 9.17) is 4.74 Å². The molecule has 0 unspecified atom stereocenters. The number of nitriles is 1. The molecule has 0 spiro atoms. The van der Waals surface area contributed by atoms with E-state index in [-0.39, 0.29) is 12.0 Å². The van der Waals surface area contributed by atoms with Gasteiger partial charge in [-0.2, -0.15) is 5.26 Å². The summed E-state index contributed by atoms with van der Waals surface area (Å²) in [5.41, 5.74) is 1.85. The van der Waals surface area contributed by atoms with Crippen LogP contribution in [-0.2, 0) is 9.53 Å². The number of thiazole rings is 1. The molecule has 0 bridgehead atoms. The zero-order valence-electron chi connectivity index (χ0n) is 13.5. The fraction of sp³-hybridized carbons (Fsp3) is 0.353. The number of likely N-dealkylation sites (tertiary alicyclic amines) is 1. The van der Waals surface area contributed by atoms with Crippen molar-refractivity contribution < 1.29 is 9.53 Å². The number of likely N-dealkylation sites (N-methyl/N-ethyl adjacent to an activating group) is 1. The number of rotatable bonds is 4. The highest BCUT2D eigenvalue weighted by Crippen LogP contribution is 2.29. The lowest BCUT2D eigenvalue weighted by atomic mass is 10.2. The van der Waals surface area contributed by atoms with Crippen LogP contribution in [0.25, 0.3) is 11.3 Å². The normalized spacial score (nSPS) is 20.0. The molecule has 0 saturated carbocycles. The van der Waals surface area contributed by atoms with Crippen molar-refractivity contribution in [1.29, 1.82) is 5.26 Å². The van der Waals surface area contributed by atoms with Gasteiger partial charge in [0.2, 0.25) is 0 Å². The van der Waals surface area contributed by atoms with Gasteiger partial charge in [0.15, 0.2) is 11.3 Å². The predicted molar refractivity (Wildman–Crippen MR) is 92.5 cm³/mol. The first kappa shape index (κ1) is 16.4. The van der Waals surface area contributed by atoms with Gasteiger partial charge in [0.1, 0.15) is 6.04 Å². The minimum atomic E-state index is -0.492. The molecule has 1 saturated heterocycles. The van der Waals surface area contributed by atoms with Crippen LogP contribution in [0.4, 0.5) is 5.13 Å². The van der Waals surface area contributed by atoms with Crippen molar-refractivity contribution >= 4 is 22.4 Å². The van der Waals surface area contributed by atoms with E-state index in [0.717, 1.165) is 11.3 Å². The Labute approximate surface area is 144 Å². The number of aromatic nitrogens is 1. The van der Waals surface area contributed by atoms with Crippen LogP contribution in [-0.4, -0.2) is 48.6 Å². The Morgan fingerprint density at radius 2 is 2.21 bits per heavy atom.